The molecule has 0 radical (unpaired) electrons. The van der Waals surface area contributed by atoms with Gasteiger partial charge in [-0.1, -0.05) is 0 Å². The van der Waals surface area contributed by atoms with Crippen LogP contribution < -0.4 is 19.3 Å². The molecule has 1 N–H and O–H groups in total. The fourth-order valence-corrected chi connectivity index (χ4v) is 2.07. The SMILES string of the molecule is COc1c(OS(=O)(=O)O)cc2oc(=O)ccc2c1OC. The van der Waals surface area contributed by atoms with Crippen molar-refractivity contribution < 1.29 is 31.0 Å². The van der Waals surface area contributed by atoms with Gasteiger partial charge in [0.2, 0.25) is 5.75 Å². The van der Waals surface area contributed by atoms with E-state index >= 15 is 0 Å². The maximum absolute atomic E-state index is 11.2. The number of rotatable bonds is 4. The highest BCUT2D eigenvalue weighted by Gasteiger charge is 2.21. The van der Waals surface area contributed by atoms with Crippen LogP contribution in [0.3, 0.4) is 0 Å². The molecule has 20 heavy (non-hydrogen) atoms. The molecule has 0 aliphatic rings. The Hall–Kier alpha value is -2.26. The lowest BCUT2D eigenvalue weighted by Gasteiger charge is -2.13. The minimum atomic E-state index is -4.77. The quantitative estimate of drug-likeness (QED) is 0.657. The van der Waals surface area contributed by atoms with Crippen molar-refractivity contribution in [2.75, 3.05) is 14.2 Å². The summed E-state index contributed by atoms with van der Waals surface area (Å²) in [4.78, 5) is 11.2. The average molecular weight is 302 g/mol. The molecule has 0 aliphatic carbocycles. The number of hydrogen-bond donors (Lipinski definition) is 1. The molecule has 0 amide bonds. The van der Waals surface area contributed by atoms with E-state index in [1.54, 1.807) is 0 Å². The molecule has 1 heterocycles. The Bertz CT molecular complexity index is 805. The molecule has 9 heteroatoms. The van der Waals surface area contributed by atoms with E-state index in [2.05, 4.69) is 4.18 Å². The Morgan fingerprint density at radius 2 is 1.80 bits per heavy atom. The summed E-state index contributed by atoms with van der Waals surface area (Å²) in [6, 6.07) is 3.71. The van der Waals surface area contributed by atoms with Gasteiger partial charge in [-0.25, -0.2) is 4.79 Å². The summed E-state index contributed by atoms with van der Waals surface area (Å²) in [6.45, 7) is 0. The second kappa shape index (κ2) is 5.02. The van der Waals surface area contributed by atoms with E-state index in [-0.39, 0.29) is 22.8 Å². The standard InChI is InChI=1S/C11H10O8S/c1-16-10-6-3-4-9(12)18-7(6)5-8(11(10)17-2)19-20(13,14)15/h3-5H,1-2H3,(H,13,14,15). The molecule has 0 unspecified atom stereocenters. The van der Waals surface area contributed by atoms with Crippen molar-refractivity contribution in [2.45, 2.75) is 0 Å². The molecule has 8 nitrogen and oxygen atoms in total. The van der Waals surface area contributed by atoms with E-state index in [1.165, 1.54) is 26.4 Å². The lowest BCUT2D eigenvalue weighted by Crippen LogP contribution is -2.08. The first kappa shape index (κ1) is 14.2. The molecule has 108 valence electrons. The summed E-state index contributed by atoms with van der Waals surface area (Å²) < 4.78 is 49.8. The largest absolute Gasteiger partial charge is 0.492 e. The van der Waals surface area contributed by atoms with Gasteiger partial charge in [0, 0.05) is 12.1 Å². The Balaban J connectivity index is 2.83. The third-order valence-electron chi connectivity index (χ3n) is 2.40. The van der Waals surface area contributed by atoms with E-state index in [4.69, 9.17) is 18.4 Å². The average Bonchev–Trinajstić information content (AvgIpc) is 2.34. The lowest BCUT2D eigenvalue weighted by atomic mass is 10.2. The normalized spacial score (nSPS) is 11.3. The summed E-state index contributed by atoms with van der Waals surface area (Å²) in [5, 5.41) is 0.381. The fourth-order valence-electron chi connectivity index (χ4n) is 1.72. The molecule has 0 aliphatic heterocycles. The van der Waals surface area contributed by atoms with Crippen LogP contribution in [0.1, 0.15) is 0 Å². The smallest absolute Gasteiger partial charge is 0.446 e. The molecule has 0 saturated carbocycles. The monoisotopic (exact) mass is 302 g/mol. The summed E-state index contributed by atoms with van der Waals surface area (Å²) in [5.41, 5.74) is -0.615. The predicted molar refractivity (Wildman–Crippen MR) is 67.8 cm³/mol. The van der Waals surface area contributed by atoms with Gasteiger partial charge in [-0.2, -0.15) is 8.42 Å². The van der Waals surface area contributed by atoms with Crippen LogP contribution in [0.25, 0.3) is 11.0 Å². The van der Waals surface area contributed by atoms with Gasteiger partial charge in [0.05, 0.1) is 19.6 Å². The molecule has 0 spiro atoms. The van der Waals surface area contributed by atoms with Crippen molar-refractivity contribution in [1.82, 2.24) is 0 Å². The summed E-state index contributed by atoms with van der Waals surface area (Å²) >= 11 is 0. The highest BCUT2D eigenvalue weighted by molar-refractivity contribution is 7.81. The van der Waals surface area contributed by atoms with Gasteiger partial charge in [-0.05, 0) is 6.07 Å². The van der Waals surface area contributed by atoms with Crippen molar-refractivity contribution in [2.24, 2.45) is 0 Å². The molecule has 1 aromatic heterocycles. The van der Waals surface area contributed by atoms with Crippen molar-refractivity contribution in [3.05, 3.63) is 28.6 Å². The number of benzene rings is 1. The first-order chi connectivity index (χ1) is 9.35. The number of ether oxygens (including phenoxy) is 2. The van der Waals surface area contributed by atoms with Crippen LogP contribution >= 0.6 is 0 Å². The minimum absolute atomic E-state index is 0.0220. The Morgan fingerprint density at radius 1 is 1.15 bits per heavy atom. The van der Waals surface area contributed by atoms with Crippen LogP contribution in [0, 0.1) is 0 Å². The van der Waals surface area contributed by atoms with Crippen LogP contribution in [-0.2, 0) is 10.4 Å². The van der Waals surface area contributed by atoms with Crippen molar-refractivity contribution in [1.29, 1.82) is 0 Å². The zero-order chi connectivity index (χ0) is 14.9. The van der Waals surface area contributed by atoms with Gasteiger partial charge >= 0.3 is 16.0 Å². The third kappa shape index (κ3) is 2.68. The van der Waals surface area contributed by atoms with Gasteiger partial charge in [-0.3, -0.25) is 4.55 Å². The molecular formula is C11H10O8S. The van der Waals surface area contributed by atoms with E-state index in [0.717, 1.165) is 6.07 Å². The Labute approximate surface area is 113 Å². The van der Waals surface area contributed by atoms with Crippen molar-refractivity contribution >= 4 is 21.4 Å². The Morgan fingerprint density at radius 3 is 2.35 bits per heavy atom. The van der Waals surface area contributed by atoms with Crippen LogP contribution in [0.4, 0.5) is 0 Å². The van der Waals surface area contributed by atoms with E-state index in [1.807, 2.05) is 0 Å². The number of fused-ring (bicyclic) bond motifs is 1. The van der Waals surface area contributed by atoms with Crippen LogP contribution in [0.2, 0.25) is 0 Å². The van der Waals surface area contributed by atoms with Gasteiger partial charge in [0.15, 0.2) is 11.5 Å². The Kier molecular flexibility index (Phi) is 3.55. The molecule has 0 fully saturated rings. The zero-order valence-electron chi connectivity index (χ0n) is 10.4. The topological polar surface area (TPSA) is 112 Å². The maximum Gasteiger partial charge on any atom is 0.446 e. The second-order valence-corrected chi connectivity index (χ2v) is 4.64. The van der Waals surface area contributed by atoms with Gasteiger partial charge in [-0.15, -0.1) is 0 Å². The van der Waals surface area contributed by atoms with Crippen LogP contribution in [0.15, 0.2) is 27.4 Å². The molecule has 0 saturated heterocycles. The summed E-state index contributed by atoms with van der Waals surface area (Å²) in [5.74, 6) is -0.326. The van der Waals surface area contributed by atoms with E-state index < -0.39 is 16.0 Å². The second-order valence-electron chi connectivity index (χ2n) is 3.62. The molecule has 0 atom stereocenters. The van der Waals surface area contributed by atoms with Gasteiger partial charge in [0.1, 0.15) is 5.58 Å². The fraction of sp³-hybridized carbons (Fsp3) is 0.182. The lowest BCUT2D eigenvalue weighted by molar-refractivity contribution is 0.335. The number of methoxy groups -OCH3 is 2. The molecule has 2 rings (SSSR count). The maximum atomic E-state index is 11.2. The van der Waals surface area contributed by atoms with Crippen molar-refractivity contribution in [3.63, 3.8) is 0 Å². The first-order valence-electron chi connectivity index (χ1n) is 5.21. The zero-order valence-corrected chi connectivity index (χ0v) is 11.3. The van der Waals surface area contributed by atoms with E-state index in [0.29, 0.717) is 5.39 Å². The first-order valence-corrected chi connectivity index (χ1v) is 6.58. The van der Waals surface area contributed by atoms with E-state index in [9.17, 15) is 13.2 Å². The minimum Gasteiger partial charge on any atom is -0.492 e. The molecule has 0 bridgehead atoms. The molecular weight excluding hydrogens is 292 g/mol. The molecule has 1 aromatic carbocycles. The number of hydrogen-bond acceptors (Lipinski definition) is 7. The van der Waals surface area contributed by atoms with Gasteiger partial charge < -0.3 is 18.1 Å². The third-order valence-corrected chi connectivity index (χ3v) is 2.79. The predicted octanol–water partition coefficient (Wildman–Crippen LogP) is 0.992. The van der Waals surface area contributed by atoms with Crippen LogP contribution in [0.5, 0.6) is 17.2 Å². The van der Waals surface area contributed by atoms with Crippen molar-refractivity contribution in [3.8, 4) is 17.2 Å². The van der Waals surface area contributed by atoms with Gasteiger partial charge in [0.25, 0.3) is 0 Å². The highest BCUT2D eigenvalue weighted by atomic mass is 32.3. The highest BCUT2D eigenvalue weighted by Crippen LogP contribution is 2.43. The summed E-state index contributed by atoms with van der Waals surface area (Å²) in [7, 11) is -2.19. The van der Waals surface area contributed by atoms with Crippen LogP contribution in [-0.4, -0.2) is 27.2 Å². The molecule has 2 aromatic rings. The summed E-state index contributed by atoms with van der Waals surface area (Å²) in [6.07, 6.45) is 0.